The number of pyridine rings is 1. The fraction of sp³-hybridized carbons (Fsp3) is 0.0870. The summed E-state index contributed by atoms with van der Waals surface area (Å²) in [6, 6.07) is 18.8. The van der Waals surface area contributed by atoms with Gasteiger partial charge in [0.15, 0.2) is 5.69 Å². The van der Waals surface area contributed by atoms with Gasteiger partial charge in [0.25, 0.3) is 5.91 Å². The lowest BCUT2D eigenvalue weighted by molar-refractivity contribution is 0.0945. The molecule has 4 rings (SSSR count). The molecule has 1 N–H and O–H groups in total. The predicted molar refractivity (Wildman–Crippen MR) is 111 cm³/mol. The normalized spacial score (nSPS) is 10.6. The molecule has 1 amide bonds. The molecule has 30 heavy (non-hydrogen) atoms. The third-order valence-electron chi connectivity index (χ3n) is 4.58. The fourth-order valence-electron chi connectivity index (χ4n) is 3.01. The maximum Gasteiger partial charge on any atom is 0.272 e. The number of halogens is 1. The number of hydrogen-bond acceptors (Lipinski definition) is 4. The van der Waals surface area contributed by atoms with E-state index >= 15 is 0 Å². The van der Waals surface area contributed by atoms with E-state index in [0.717, 1.165) is 16.9 Å². The molecule has 2 aromatic carbocycles. The highest BCUT2D eigenvalue weighted by atomic mass is 19.1. The van der Waals surface area contributed by atoms with Crippen LogP contribution in [0.5, 0.6) is 5.75 Å². The maximum absolute atomic E-state index is 13.4. The number of carbonyl (C=O) groups is 1. The van der Waals surface area contributed by atoms with Gasteiger partial charge in [0.2, 0.25) is 0 Å². The molecule has 4 aromatic rings. The number of carbonyl (C=O) groups excluding carboxylic acids is 1. The van der Waals surface area contributed by atoms with E-state index in [2.05, 4.69) is 15.4 Å². The molecule has 0 aliphatic heterocycles. The molecular formula is C23H19FN4O2. The second-order valence-electron chi connectivity index (χ2n) is 6.58. The Morgan fingerprint density at radius 2 is 1.87 bits per heavy atom. The van der Waals surface area contributed by atoms with Crippen molar-refractivity contribution < 1.29 is 13.9 Å². The summed E-state index contributed by atoms with van der Waals surface area (Å²) in [6.07, 6.45) is 3.36. The summed E-state index contributed by atoms with van der Waals surface area (Å²) in [5, 5.41) is 7.33. The third-order valence-corrected chi connectivity index (χ3v) is 4.58. The van der Waals surface area contributed by atoms with Crippen LogP contribution in [0.1, 0.15) is 16.1 Å². The molecular weight excluding hydrogens is 383 g/mol. The summed E-state index contributed by atoms with van der Waals surface area (Å²) in [6.45, 7) is 0.356. The van der Waals surface area contributed by atoms with Crippen molar-refractivity contribution in [1.82, 2.24) is 20.1 Å². The SMILES string of the molecule is COc1ccc(CNC(=O)c2cc(-c3cccnc3)n(-c3ccc(F)cc3)n2)cc1. The second-order valence-corrected chi connectivity index (χ2v) is 6.58. The summed E-state index contributed by atoms with van der Waals surface area (Å²) in [7, 11) is 1.61. The lowest BCUT2D eigenvalue weighted by Gasteiger charge is -2.07. The van der Waals surface area contributed by atoms with Gasteiger partial charge in [-0.1, -0.05) is 12.1 Å². The van der Waals surface area contributed by atoms with E-state index in [1.54, 1.807) is 48.5 Å². The number of ether oxygens (including phenoxy) is 1. The van der Waals surface area contributed by atoms with Crippen molar-refractivity contribution in [2.45, 2.75) is 6.54 Å². The van der Waals surface area contributed by atoms with Crippen LogP contribution in [-0.4, -0.2) is 27.8 Å². The van der Waals surface area contributed by atoms with Crippen molar-refractivity contribution >= 4 is 5.91 Å². The van der Waals surface area contributed by atoms with Gasteiger partial charge >= 0.3 is 0 Å². The minimum Gasteiger partial charge on any atom is -0.497 e. The summed E-state index contributed by atoms with van der Waals surface area (Å²) in [4.78, 5) is 16.9. The molecule has 150 valence electrons. The highest BCUT2D eigenvalue weighted by molar-refractivity contribution is 5.93. The Hall–Kier alpha value is -4.00. The third kappa shape index (κ3) is 4.20. The Bertz CT molecular complexity index is 1140. The Kier molecular flexibility index (Phi) is 5.52. The van der Waals surface area contributed by atoms with Gasteiger partial charge in [-0.2, -0.15) is 5.10 Å². The minimum absolute atomic E-state index is 0.256. The van der Waals surface area contributed by atoms with E-state index in [0.29, 0.717) is 17.9 Å². The first-order chi connectivity index (χ1) is 14.6. The van der Waals surface area contributed by atoms with E-state index in [1.165, 1.54) is 12.1 Å². The Morgan fingerprint density at radius 1 is 1.10 bits per heavy atom. The molecule has 6 nitrogen and oxygen atoms in total. The number of nitrogens with zero attached hydrogens (tertiary/aromatic N) is 3. The van der Waals surface area contributed by atoms with Crippen molar-refractivity contribution in [3.63, 3.8) is 0 Å². The summed E-state index contributed by atoms with van der Waals surface area (Å²) in [5.41, 5.74) is 3.32. The van der Waals surface area contributed by atoms with Crippen LogP contribution in [0, 0.1) is 5.82 Å². The Labute approximate surface area is 173 Å². The smallest absolute Gasteiger partial charge is 0.272 e. The molecule has 0 aliphatic rings. The molecule has 0 atom stereocenters. The van der Waals surface area contributed by atoms with E-state index in [-0.39, 0.29) is 17.4 Å². The standard InChI is InChI=1S/C23H19FN4O2/c1-30-20-10-4-16(5-11-20)14-26-23(29)21-13-22(17-3-2-12-25-15-17)28(27-21)19-8-6-18(24)7-9-19/h2-13,15H,14H2,1H3,(H,26,29). The van der Waals surface area contributed by atoms with E-state index in [1.807, 2.05) is 30.3 Å². The molecule has 0 aliphatic carbocycles. The predicted octanol–water partition coefficient (Wildman–Crippen LogP) is 4.01. The largest absolute Gasteiger partial charge is 0.497 e. The Morgan fingerprint density at radius 3 is 2.53 bits per heavy atom. The van der Waals surface area contributed by atoms with E-state index in [9.17, 15) is 9.18 Å². The second kappa shape index (κ2) is 8.57. The van der Waals surface area contributed by atoms with Gasteiger partial charge in [0.1, 0.15) is 11.6 Å². The van der Waals surface area contributed by atoms with Crippen LogP contribution in [0.2, 0.25) is 0 Å². The van der Waals surface area contributed by atoms with Crippen LogP contribution in [0.15, 0.2) is 79.1 Å². The topological polar surface area (TPSA) is 69.0 Å². The molecule has 0 spiro atoms. The van der Waals surface area contributed by atoms with Crippen molar-refractivity contribution in [1.29, 1.82) is 0 Å². The van der Waals surface area contributed by atoms with Gasteiger partial charge in [-0.15, -0.1) is 0 Å². The lowest BCUT2D eigenvalue weighted by atomic mass is 10.2. The number of aromatic nitrogens is 3. The zero-order chi connectivity index (χ0) is 20.9. The monoisotopic (exact) mass is 402 g/mol. The van der Waals surface area contributed by atoms with Crippen LogP contribution < -0.4 is 10.1 Å². The lowest BCUT2D eigenvalue weighted by Crippen LogP contribution is -2.23. The van der Waals surface area contributed by atoms with Crippen LogP contribution in [0.25, 0.3) is 16.9 Å². The van der Waals surface area contributed by atoms with Crippen molar-refractivity contribution in [3.8, 4) is 22.7 Å². The quantitative estimate of drug-likeness (QED) is 0.529. The van der Waals surface area contributed by atoms with Gasteiger partial charge in [0, 0.05) is 24.5 Å². The van der Waals surface area contributed by atoms with E-state index in [4.69, 9.17) is 4.74 Å². The maximum atomic E-state index is 13.4. The number of nitrogens with one attached hydrogen (secondary N) is 1. The zero-order valence-corrected chi connectivity index (χ0v) is 16.2. The highest BCUT2D eigenvalue weighted by Gasteiger charge is 2.17. The highest BCUT2D eigenvalue weighted by Crippen LogP contribution is 2.23. The number of hydrogen-bond donors (Lipinski definition) is 1. The van der Waals surface area contributed by atoms with Crippen LogP contribution in [0.3, 0.4) is 0 Å². The first kappa shape index (κ1) is 19.3. The van der Waals surface area contributed by atoms with Gasteiger partial charge in [-0.3, -0.25) is 9.78 Å². The molecule has 2 aromatic heterocycles. The fourth-order valence-corrected chi connectivity index (χ4v) is 3.01. The summed E-state index contributed by atoms with van der Waals surface area (Å²) < 4.78 is 20.1. The van der Waals surface area contributed by atoms with Crippen LogP contribution in [-0.2, 0) is 6.54 Å². The number of amides is 1. The molecule has 0 fully saturated rings. The number of benzene rings is 2. The summed E-state index contributed by atoms with van der Waals surface area (Å²) >= 11 is 0. The van der Waals surface area contributed by atoms with Gasteiger partial charge in [-0.25, -0.2) is 9.07 Å². The van der Waals surface area contributed by atoms with Crippen molar-refractivity contribution in [3.05, 3.63) is 96.2 Å². The first-order valence-electron chi connectivity index (χ1n) is 9.31. The number of methoxy groups -OCH3 is 1. The molecule has 0 unspecified atom stereocenters. The van der Waals surface area contributed by atoms with Crippen LogP contribution in [0.4, 0.5) is 4.39 Å². The van der Waals surface area contributed by atoms with Gasteiger partial charge in [0.05, 0.1) is 18.5 Å². The molecule has 0 radical (unpaired) electrons. The van der Waals surface area contributed by atoms with Crippen molar-refractivity contribution in [2.75, 3.05) is 7.11 Å². The first-order valence-corrected chi connectivity index (χ1v) is 9.31. The average molecular weight is 402 g/mol. The number of rotatable bonds is 6. The Balaban J connectivity index is 1.61. The molecule has 0 saturated heterocycles. The average Bonchev–Trinajstić information content (AvgIpc) is 3.24. The zero-order valence-electron chi connectivity index (χ0n) is 16.2. The molecule has 2 heterocycles. The summed E-state index contributed by atoms with van der Waals surface area (Å²) in [5.74, 6) is 0.104. The molecule has 7 heteroatoms. The van der Waals surface area contributed by atoms with Crippen LogP contribution >= 0.6 is 0 Å². The minimum atomic E-state index is -0.341. The van der Waals surface area contributed by atoms with Gasteiger partial charge in [-0.05, 0) is 60.2 Å². The molecule has 0 bridgehead atoms. The van der Waals surface area contributed by atoms with Gasteiger partial charge < -0.3 is 10.1 Å². The van der Waals surface area contributed by atoms with Crippen molar-refractivity contribution in [2.24, 2.45) is 0 Å². The van der Waals surface area contributed by atoms with E-state index < -0.39 is 0 Å². The molecule has 0 saturated carbocycles.